The minimum Gasteiger partial charge on any atom is -0.370 e. The van der Waals surface area contributed by atoms with Crippen LogP contribution in [0.5, 0.6) is 0 Å². The highest BCUT2D eigenvalue weighted by Crippen LogP contribution is 2.23. The lowest BCUT2D eigenvalue weighted by molar-refractivity contribution is -0.118. The van der Waals surface area contributed by atoms with E-state index in [-0.39, 0.29) is 18.1 Å². The second kappa shape index (κ2) is 8.61. The molecule has 138 valence electrons. The van der Waals surface area contributed by atoms with Crippen LogP contribution in [0.15, 0.2) is 29.4 Å². The van der Waals surface area contributed by atoms with Crippen molar-refractivity contribution < 1.29 is 14.4 Å². The first-order valence-corrected chi connectivity index (χ1v) is 8.91. The maximum Gasteiger partial charge on any atom is 0.237 e. The summed E-state index contributed by atoms with van der Waals surface area (Å²) in [5.41, 5.74) is 6.35. The predicted octanol–water partition coefficient (Wildman–Crippen LogP) is 1.55. The zero-order valence-electron chi connectivity index (χ0n) is 14.9. The molecule has 2 rings (SSSR count). The molecule has 1 aromatic carbocycles. The number of ketones is 1. The van der Waals surface area contributed by atoms with Crippen LogP contribution in [0.4, 0.5) is 5.69 Å². The van der Waals surface area contributed by atoms with E-state index < -0.39 is 11.2 Å². The third kappa shape index (κ3) is 5.16. The van der Waals surface area contributed by atoms with Crippen molar-refractivity contribution in [2.24, 2.45) is 12.8 Å². The van der Waals surface area contributed by atoms with E-state index in [1.54, 1.807) is 42.8 Å². The van der Waals surface area contributed by atoms with Crippen molar-refractivity contribution in [2.45, 2.75) is 37.1 Å². The number of amides is 2. The lowest BCUT2D eigenvalue weighted by atomic mass is 10.1. The first kappa shape index (κ1) is 19.6. The highest BCUT2D eigenvalue weighted by Gasteiger charge is 2.19. The average Bonchev–Trinajstić information content (AvgIpc) is 2.93. The van der Waals surface area contributed by atoms with Gasteiger partial charge in [0.2, 0.25) is 11.8 Å². The normalized spacial score (nSPS) is 11.8. The average molecular weight is 375 g/mol. The smallest absolute Gasteiger partial charge is 0.237 e. The van der Waals surface area contributed by atoms with Crippen LogP contribution >= 0.6 is 11.8 Å². The van der Waals surface area contributed by atoms with Gasteiger partial charge < -0.3 is 15.6 Å². The van der Waals surface area contributed by atoms with Crippen molar-refractivity contribution in [2.75, 3.05) is 5.32 Å². The lowest BCUT2D eigenvalue weighted by Crippen LogP contribution is -2.23. The summed E-state index contributed by atoms with van der Waals surface area (Å²) in [7, 11) is 1.78. The monoisotopic (exact) mass is 375 g/mol. The fourth-order valence-corrected chi connectivity index (χ4v) is 2.98. The second-order valence-electron chi connectivity index (χ2n) is 5.81. The summed E-state index contributed by atoms with van der Waals surface area (Å²) in [4.78, 5) is 34.5. The maximum atomic E-state index is 12.4. The Bertz CT molecular complexity index is 816. The van der Waals surface area contributed by atoms with Gasteiger partial charge in [0.25, 0.3) is 0 Å². The molecule has 1 heterocycles. The van der Waals surface area contributed by atoms with Gasteiger partial charge in [0, 0.05) is 31.1 Å². The number of hydrogen-bond donors (Lipinski definition) is 2. The van der Waals surface area contributed by atoms with E-state index >= 15 is 0 Å². The molecule has 0 aliphatic carbocycles. The number of hydrogen-bond acceptors (Lipinski definition) is 6. The molecule has 0 unspecified atom stereocenters. The molecule has 3 N–H and O–H groups in total. The van der Waals surface area contributed by atoms with Gasteiger partial charge in [0.05, 0.1) is 5.25 Å². The zero-order chi connectivity index (χ0) is 19.3. The molecular weight excluding hydrogens is 354 g/mol. The summed E-state index contributed by atoms with van der Waals surface area (Å²) in [6.07, 6.45) is 0.603. The van der Waals surface area contributed by atoms with E-state index in [4.69, 9.17) is 5.73 Å². The third-order valence-electron chi connectivity index (χ3n) is 3.73. The summed E-state index contributed by atoms with van der Waals surface area (Å²) in [5, 5.41) is 11.1. The number of Topliss-reactive ketones (excluding diaryl/α,β-unsaturated/α-hetero) is 1. The number of nitrogens with two attached hydrogens (primary N) is 1. The number of nitrogens with zero attached hydrogens (tertiary/aromatic N) is 3. The van der Waals surface area contributed by atoms with Crippen LogP contribution in [0.2, 0.25) is 0 Å². The first-order chi connectivity index (χ1) is 12.3. The predicted molar refractivity (Wildman–Crippen MR) is 98.9 cm³/mol. The molecule has 1 aromatic heterocycles. The van der Waals surface area contributed by atoms with Crippen molar-refractivity contribution >= 4 is 35.0 Å². The molecule has 2 amide bonds. The molecule has 0 bridgehead atoms. The van der Waals surface area contributed by atoms with Gasteiger partial charge in [-0.05, 0) is 38.1 Å². The zero-order valence-corrected chi connectivity index (χ0v) is 15.7. The van der Waals surface area contributed by atoms with Crippen LogP contribution in [0.1, 0.15) is 36.5 Å². The van der Waals surface area contributed by atoms with Gasteiger partial charge in [-0.1, -0.05) is 11.8 Å². The topological polar surface area (TPSA) is 120 Å². The summed E-state index contributed by atoms with van der Waals surface area (Å²) in [5.74, 6) is 0.0259. The molecule has 9 heteroatoms. The van der Waals surface area contributed by atoms with Crippen LogP contribution in [0.25, 0.3) is 0 Å². The van der Waals surface area contributed by atoms with Crippen molar-refractivity contribution in [1.29, 1.82) is 0 Å². The molecule has 0 spiro atoms. The highest BCUT2D eigenvalue weighted by atomic mass is 32.2. The molecular formula is C17H21N5O3S. The van der Waals surface area contributed by atoms with Gasteiger partial charge in [-0.3, -0.25) is 14.4 Å². The van der Waals surface area contributed by atoms with E-state index in [2.05, 4.69) is 15.5 Å². The number of anilines is 1. The van der Waals surface area contributed by atoms with E-state index in [1.807, 2.05) is 0 Å². The van der Waals surface area contributed by atoms with Crippen LogP contribution in [-0.4, -0.2) is 37.6 Å². The SMILES string of the molecule is CC(=O)c1ccc(NC(=O)[C@H](C)Sc2nnc(CCC(N)=O)n2C)cc1. The maximum absolute atomic E-state index is 12.4. The van der Waals surface area contributed by atoms with E-state index in [9.17, 15) is 14.4 Å². The Morgan fingerprint density at radius 2 is 1.88 bits per heavy atom. The van der Waals surface area contributed by atoms with E-state index in [1.165, 1.54) is 18.7 Å². The molecule has 0 saturated heterocycles. The van der Waals surface area contributed by atoms with Gasteiger partial charge >= 0.3 is 0 Å². The molecule has 1 atom stereocenters. The number of rotatable bonds is 8. The van der Waals surface area contributed by atoms with Gasteiger partial charge in [-0.25, -0.2) is 0 Å². The van der Waals surface area contributed by atoms with Crippen molar-refractivity contribution in [1.82, 2.24) is 14.8 Å². The summed E-state index contributed by atoms with van der Waals surface area (Å²) >= 11 is 1.27. The third-order valence-corrected chi connectivity index (χ3v) is 4.86. The summed E-state index contributed by atoms with van der Waals surface area (Å²) in [6, 6.07) is 6.72. The molecule has 2 aromatic rings. The molecule has 0 aliphatic rings. The van der Waals surface area contributed by atoms with Crippen LogP contribution in [-0.2, 0) is 23.1 Å². The molecule has 0 aliphatic heterocycles. The molecule has 26 heavy (non-hydrogen) atoms. The second-order valence-corrected chi connectivity index (χ2v) is 7.11. The van der Waals surface area contributed by atoms with Crippen LogP contribution < -0.4 is 11.1 Å². The Balaban J connectivity index is 1.96. The summed E-state index contributed by atoms with van der Waals surface area (Å²) in [6.45, 7) is 3.26. The van der Waals surface area contributed by atoms with Gasteiger partial charge in [0.1, 0.15) is 5.82 Å². The molecule has 0 fully saturated rings. The minimum absolute atomic E-state index is 0.0266. The Morgan fingerprint density at radius 1 is 1.23 bits per heavy atom. The first-order valence-electron chi connectivity index (χ1n) is 8.03. The number of primary amides is 1. The van der Waals surface area contributed by atoms with Gasteiger partial charge in [0.15, 0.2) is 10.9 Å². The number of aryl methyl sites for hydroxylation is 1. The number of benzene rings is 1. The fraction of sp³-hybridized carbons (Fsp3) is 0.353. The Hall–Kier alpha value is -2.68. The van der Waals surface area contributed by atoms with Crippen LogP contribution in [0.3, 0.4) is 0 Å². The fourth-order valence-electron chi connectivity index (χ4n) is 2.14. The largest absolute Gasteiger partial charge is 0.370 e. The minimum atomic E-state index is -0.408. The van der Waals surface area contributed by atoms with E-state index in [0.717, 1.165) is 0 Å². The van der Waals surface area contributed by atoms with Crippen molar-refractivity contribution in [3.05, 3.63) is 35.7 Å². The Kier molecular flexibility index (Phi) is 6.51. The Morgan fingerprint density at radius 3 is 2.46 bits per heavy atom. The highest BCUT2D eigenvalue weighted by molar-refractivity contribution is 8.00. The van der Waals surface area contributed by atoms with Crippen molar-refractivity contribution in [3.8, 4) is 0 Å². The number of nitrogens with one attached hydrogen (secondary N) is 1. The number of carbonyl (C=O) groups excluding carboxylic acids is 3. The van der Waals surface area contributed by atoms with Gasteiger partial charge in [-0.15, -0.1) is 10.2 Å². The Labute approximate surface area is 155 Å². The standard InChI is InChI=1S/C17H21N5O3S/c1-10(23)12-4-6-13(7-5-12)19-16(25)11(2)26-17-21-20-15(22(17)3)9-8-14(18)24/h4-7,11H,8-9H2,1-3H3,(H2,18,24)(H,19,25)/t11-/m0/s1. The summed E-state index contributed by atoms with van der Waals surface area (Å²) < 4.78 is 1.75. The molecule has 0 radical (unpaired) electrons. The number of thioether (sulfide) groups is 1. The number of carbonyl (C=O) groups is 3. The molecule has 0 saturated carbocycles. The number of aromatic nitrogens is 3. The van der Waals surface area contributed by atoms with Crippen molar-refractivity contribution in [3.63, 3.8) is 0 Å². The van der Waals surface area contributed by atoms with Gasteiger partial charge in [-0.2, -0.15) is 0 Å². The quantitative estimate of drug-likeness (QED) is 0.534. The molecule has 8 nitrogen and oxygen atoms in total. The van der Waals surface area contributed by atoms with E-state index in [0.29, 0.717) is 28.7 Å². The van der Waals surface area contributed by atoms with Crippen LogP contribution in [0, 0.1) is 0 Å². The lowest BCUT2D eigenvalue weighted by Gasteiger charge is -2.12.